The zero-order valence-electron chi connectivity index (χ0n) is 11.3. The first-order chi connectivity index (χ1) is 10.0. The maximum absolute atomic E-state index is 12.1. The number of nitrogens with one attached hydrogen (secondary N) is 1. The van der Waals surface area contributed by atoms with E-state index in [9.17, 15) is 9.59 Å². The highest BCUT2D eigenvalue weighted by Crippen LogP contribution is 2.30. The summed E-state index contributed by atoms with van der Waals surface area (Å²) < 4.78 is 5.17. The van der Waals surface area contributed by atoms with Gasteiger partial charge in [-0.2, -0.15) is 0 Å². The third-order valence-corrected chi connectivity index (χ3v) is 4.66. The van der Waals surface area contributed by atoms with Crippen molar-refractivity contribution < 1.29 is 14.3 Å². The Morgan fingerprint density at radius 1 is 1.33 bits per heavy atom. The quantitative estimate of drug-likeness (QED) is 0.841. The van der Waals surface area contributed by atoms with Crippen LogP contribution in [0.2, 0.25) is 4.47 Å². The molecule has 6 nitrogen and oxygen atoms in total. The first-order valence-corrected chi connectivity index (χ1v) is 8.16. The average Bonchev–Trinajstić information content (AvgIpc) is 3.05. The molecule has 0 radical (unpaired) electrons. The van der Waals surface area contributed by atoms with Crippen LogP contribution in [0.5, 0.6) is 0 Å². The van der Waals surface area contributed by atoms with Gasteiger partial charge >= 0.3 is 5.97 Å². The average molecular weight is 346 g/mol. The van der Waals surface area contributed by atoms with E-state index in [1.54, 1.807) is 13.0 Å². The van der Waals surface area contributed by atoms with E-state index in [2.05, 4.69) is 15.5 Å². The Morgan fingerprint density at radius 3 is 2.67 bits per heavy atom. The van der Waals surface area contributed by atoms with E-state index >= 15 is 0 Å². The van der Waals surface area contributed by atoms with Crippen molar-refractivity contribution in [1.82, 2.24) is 10.2 Å². The van der Waals surface area contributed by atoms with Crippen molar-refractivity contribution in [1.29, 1.82) is 0 Å². The predicted molar refractivity (Wildman–Crippen MR) is 82.5 cm³/mol. The molecule has 2 aromatic rings. The highest BCUT2D eigenvalue weighted by atomic mass is 35.5. The highest BCUT2D eigenvalue weighted by molar-refractivity contribution is 7.18. The summed E-state index contributed by atoms with van der Waals surface area (Å²) in [4.78, 5) is 24.9. The lowest BCUT2D eigenvalue weighted by atomic mass is 10.2. The molecule has 0 fully saturated rings. The minimum absolute atomic E-state index is 0.140. The molecule has 0 atom stereocenters. The second-order valence-corrected chi connectivity index (χ2v) is 6.54. The molecule has 2 heterocycles. The van der Waals surface area contributed by atoms with E-state index < -0.39 is 11.9 Å². The first-order valence-electron chi connectivity index (χ1n) is 6.15. The summed E-state index contributed by atoms with van der Waals surface area (Å²) in [6.45, 7) is 3.97. The third-order valence-electron chi connectivity index (χ3n) is 2.45. The molecule has 0 aliphatic carbocycles. The van der Waals surface area contributed by atoms with Gasteiger partial charge in [0, 0.05) is 4.88 Å². The molecule has 112 valence electrons. The molecule has 0 saturated heterocycles. The Labute approximate surface area is 134 Å². The molecule has 1 amide bonds. The third kappa shape index (κ3) is 3.78. The number of carbonyl (C=O) groups excluding carboxylic acids is 2. The minimum atomic E-state index is -0.459. The van der Waals surface area contributed by atoms with Crippen molar-refractivity contribution in [2.45, 2.75) is 20.3 Å². The van der Waals surface area contributed by atoms with Crippen molar-refractivity contribution in [3.63, 3.8) is 0 Å². The van der Waals surface area contributed by atoms with Gasteiger partial charge in [0.2, 0.25) is 9.47 Å². The van der Waals surface area contributed by atoms with Crippen LogP contribution in [-0.2, 0) is 11.2 Å². The number of aryl methyl sites for hydroxylation is 1. The van der Waals surface area contributed by atoms with Crippen LogP contribution in [0.25, 0.3) is 0 Å². The lowest BCUT2D eigenvalue weighted by Gasteiger charge is -2.04. The summed E-state index contributed by atoms with van der Waals surface area (Å²) in [5, 5.41) is 10.5. The Balaban J connectivity index is 2.24. The van der Waals surface area contributed by atoms with Crippen molar-refractivity contribution in [3.8, 4) is 0 Å². The van der Waals surface area contributed by atoms with E-state index in [1.165, 1.54) is 11.3 Å². The van der Waals surface area contributed by atoms with Gasteiger partial charge in [0.1, 0.15) is 5.00 Å². The zero-order valence-corrected chi connectivity index (χ0v) is 13.7. The summed E-state index contributed by atoms with van der Waals surface area (Å²) in [5.74, 6) is -0.909. The fourth-order valence-electron chi connectivity index (χ4n) is 1.52. The number of aromatic nitrogens is 2. The van der Waals surface area contributed by atoms with Crippen molar-refractivity contribution in [3.05, 3.63) is 26.0 Å². The predicted octanol–water partition coefficient (Wildman–Crippen LogP) is 3.24. The molecule has 0 aliphatic rings. The minimum Gasteiger partial charge on any atom is -0.462 e. The van der Waals surface area contributed by atoms with Crippen LogP contribution in [-0.4, -0.2) is 28.7 Å². The summed E-state index contributed by atoms with van der Waals surface area (Å²) in [5.41, 5.74) is 0.350. The number of rotatable bonds is 5. The van der Waals surface area contributed by atoms with Crippen molar-refractivity contribution in [2.75, 3.05) is 11.9 Å². The molecule has 0 bridgehead atoms. The van der Waals surface area contributed by atoms with E-state index in [0.717, 1.165) is 22.6 Å². The van der Waals surface area contributed by atoms with Crippen molar-refractivity contribution >= 4 is 51.2 Å². The number of hydrogen-bond donors (Lipinski definition) is 1. The van der Waals surface area contributed by atoms with Crippen LogP contribution in [0.1, 0.15) is 38.9 Å². The number of carbonyl (C=O) groups is 2. The van der Waals surface area contributed by atoms with Gasteiger partial charge in [0.15, 0.2) is 0 Å². The Morgan fingerprint density at radius 2 is 2.10 bits per heavy atom. The van der Waals surface area contributed by atoms with Gasteiger partial charge in [-0.05, 0) is 31.0 Å². The van der Waals surface area contributed by atoms with Gasteiger partial charge in [-0.15, -0.1) is 21.5 Å². The van der Waals surface area contributed by atoms with Crippen LogP contribution >= 0.6 is 34.3 Å². The Bertz CT molecular complexity index is 669. The highest BCUT2D eigenvalue weighted by Gasteiger charge is 2.20. The fourth-order valence-corrected chi connectivity index (χ4v) is 3.23. The van der Waals surface area contributed by atoms with Crippen LogP contribution in [0, 0.1) is 0 Å². The number of hydrogen-bond acceptors (Lipinski definition) is 7. The number of esters is 1. The standard InChI is InChI=1S/C12H12ClN3O3S2/c1-3-6-5-7(11(18)19-4-2)9(20-6)14-8(17)10-15-16-12(13)21-10/h5H,3-4H2,1-2H3,(H,14,17). The number of halogens is 1. The van der Waals surface area contributed by atoms with Crippen LogP contribution in [0.3, 0.4) is 0 Å². The number of ether oxygens (including phenoxy) is 1. The fraction of sp³-hybridized carbons (Fsp3) is 0.333. The normalized spacial score (nSPS) is 10.4. The molecule has 0 spiro atoms. The lowest BCUT2D eigenvalue weighted by molar-refractivity contribution is 0.0528. The molecule has 9 heteroatoms. The second kappa shape index (κ2) is 6.97. The second-order valence-electron chi connectivity index (χ2n) is 3.84. The molecule has 2 rings (SSSR count). The zero-order chi connectivity index (χ0) is 15.4. The molecule has 1 N–H and O–H groups in total. The van der Waals surface area contributed by atoms with E-state index in [-0.39, 0.29) is 16.1 Å². The Kier molecular flexibility index (Phi) is 5.27. The molecular weight excluding hydrogens is 334 g/mol. The largest absolute Gasteiger partial charge is 0.462 e. The van der Waals surface area contributed by atoms with E-state index in [1.807, 2.05) is 6.92 Å². The maximum Gasteiger partial charge on any atom is 0.341 e. The molecule has 0 aliphatic heterocycles. The summed E-state index contributed by atoms with van der Waals surface area (Å²) in [6, 6.07) is 1.73. The smallest absolute Gasteiger partial charge is 0.341 e. The van der Waals surface area contributed by atoms with Gasteiger partial charge in [0.05, 0.1) is 12.2 Å². The van der Waals surface area contributed by atoms with E-state index in [4.69, 9.17) is 16.3 Å². The number of nitrogens with zero attached hydrogens (tertiary/aromatic N) is 2. The maximum atomic E-state index is 12.1. The molecule has 2 aromatic heterocycles. The first kappa shape index (κ1) is 15.9. The van der Waals surface area contributed by atoms with Gasteiger partial charge in [-0.1, -0.05) is 18.3 Å². The number of anilines is 1. The van der Waals surface area contributed by atoms with Gasteiger partial charge in [0.25, 0.3) is 5.91 Å². The number of amides is 1. The van der Waals surface area contributed by atoms with Gasteiger partial charge in [-0.3, -0.25) is 4.79 Å². The van der Waals surface area contributed by atoms with Crippen LogP contribution < -0.4 is 5.32 Å². The summed E-state index contributed by atoms with van der Waals surface area (Å²) in [6.07, 6.45) is 0.761. The monoisotopic (exact) mass is 345 g/mol. The van der Waals surface area contributed by atoms with Crippen molar-refractivity contribution in [2.24, 2.45) is 0 Å². The molecule has 0 unspecified atom stereocenters. The summed E-state index contributed by atoms with van der Waals surface area (Å²) >= 11 is 7.96. The molecule has 21 heavy (non-hydrogen) atoms. The summed E-state index contributed by atoms with van der Waals surface area (Å²) in [7, 11) is 0. The Hall–Kier alpha value is -1.51. The van der Waals surface area contributed by atoms with Crippen LogP contribution in [0.4, 0.5) is 5.00 Å². The SMILES string of the molecule is CCOC(=O)c1cc(CC)sc1NC(=O)c1nnc(Cl)s1. The van der Waals surface area contributed by atoms with Crippen LogP contribution in [0.15, 0.2) is 6.07 Å². The number of thiophene rings is 1. The van der Waals surface area contributed by atoms with E-state index in [0.29, 0.717) is 10.6 Å². The molecule has 0 saturated carbocycles. The molecule has 0 aromatic carbocycles. The lowest BCUT2D eigenvalue weighted by Crippen LogP contribution is -2.14. The molecular formula is C12H12ClN3O3S2. The van der Waals surface area contributed by atoms with Gasteiger partial charge < -0.3 is 10.1 Å². The van der Waals surface area contributed by atoms with Gasteiger partial charge in [-0.25, -0.2) is 4.79 Å². The topological polar surface area (TPSA) is 81.2 Å².